The second kappa shape index (κ2) is 13.3. The monoisotopic (exact) mass is 516 g/mol. The van der Waals surface area contributed by atoms with Gasteiger partial charge < -0.3 is 69.3 Å². The highest BCUT2D eigenvalue weighted by molar-refractivity contribution is 4.94. The van der Waals surface area contributed by atoms with Crippen molar-refractivity contribution >= 4 is 0 Å². The summed E-state index contributed by atoms with van der Waals surface area (Å²) in [5.74, 6) is 0. The average molecular weight is 517 g/mol. The second-order valence-electron chi connectivity index (χ2n) is 9.40. The fourth-order valence-electron chi connectivity index (χ4n) is 4.08. The van der Waals surface area contributed by atoms with Gasteiger partial charge in [-0.15, -0.1) is 0 Å². The van der Waals surface area contributed by atoms with Gasteiger partial charge in [-0.1, -0.05) is 0 Å². The molecule has 12 atom stereocenters. The molecule has 0 spiro atoms. The Morgan fingerprint density at radius 1 is 0.943 bits per heavy atom. The molecule has 2 rings (SSSR count). The van der Waals surface area contributed by atoms with E-state index in [-0.39, 0.29) is 19.6 Å². The maximum Gasteiger partial charge on any atom is 0.186 e. The third kappa shape index (κ3) is 7.72. The zero-order valence-corrected chi connectivity index (χ0v) is 20.3. The standard InChI is InChI=1S/C21H40O14/c1-21(2,35-19(31-4)14(26)9(23)6-22)5-11-16(28)18(30-3)17(29)20(34-11)33-8-12-15(27)13(25)10(24)7-32-12/h9-20,22-29H,5-8H2,1-4H3/t9?,10?,11?,12?,13?,14?,15?,16?,17?,18?,19-,20?/m0/s1. The summed E-state index contributed by atoms with van der Waals surface area (Å²) in [5.41, 5.74) is -1.11. The van der Waals surface area contributed by atoms with Crippen molar-refractivity contribution in [2.45, 2.75) is 99.5 Å². The van der Waals surface area contributed by atoms with Gasteiger partial charge >= 0.3 is 0 Å². The van der Waals surface area contributed by atoms with Gasteiger partial charge in [0.05, 0.1) is 31.5 Å². The van der Waals surface area contributed by atoms with E-state index >= 15 is 0 Å². The third-order valence-corrected chi connectivity index (χ3v) is 6.17. The quantitative estimate of drug-likeness (QED) is 0.115. The summed E-state index contributed by atoms with van der Waals surface area (Å²) in [6, 6.07) is 0. The molecular formula is C21H40O14. The van der Waals surface area contributed by atoms with Crippen molar-refractivity contribution in [3.05, 3.63) is 0 Å². The van der Waals surface area contributed by atoms with Crippen LogP contribution in [0.2, 0.25) is 0 Å². The van der Waals surface area contributed by atoms with Crippen LogP contribution >= 0.6 is 0 Å². The summed E-state index contributed by atoms with van der Waals surface area (Å²) in [6.07, 6.45) is -15.6. The van der Waals surface area contributed by atoms with E-state index in [1.165, 1.54) is 14.2 Å². The topological polar surface area (TPSA) is 217 Å². The van der Waals surface area contributed by atoms with Gasteiger partial charge in [-0.2, -0.15) is 0 Å². The van der Waals surface area contributed by atoms with Crippen molar-refractivity contribution in [1.29, 1.82) is 0 Å². The number of methoxy groups -OCH3 is 2. The van der Waals surface area contributed by atoms with Crippen LogP contribution < -0.4 is 0 Å². The van der Waals surface area contributed by atoms with E-state index < -0.39 is 85.8 Å². The number of hydrogen-bond donors (Lipinski definition) is 8. The summed E-state index contributed by atoms with van der Waals surface area (Å²) >= 11 is 0. The Balaban J connectivity index is 2.06. The van der Waals surface area contributed by atoms with Gasteiger partial charge in [0.1, 0.15) is 54.9 Å². The Bertz CT molecular complexity index is 623. The van der Waals surface area contributed by atoms with Gasteiger partial charge in [-0.3, -0.25) is 0 Å². The SMILES string of the molecule is COC1C(O)C(CC(C)(C)O[C@H](OC)C(O)C(O)CO)OC(OCC2OCC(O)C(O)C2O)C1O. The van der Waals surface area contributed by atoms with Crippen LogP contribution in [0.5, 0.6) is 0 Å². The third-order valence-electron chi connectivity index (χ3n) is 6.17. The molecule has 0 aromatic heterocycles. The van der Waals surface area contributed by atoms with E-state index in [0.29, 0.717) is 0 Å². The molecule has 14 heteroatoms. The van der Waals surface area contributed by atoms with Crippen LogP contribution in [0.3, 0.4) is 0 Å². The van der Waals surface area contributed by atoms with E-state index in [1.54, 1.807) is 13.8 Å². The zero-order valence-electron chi connectivity index (χ0n) is 20.3. The highest BCUT2D eigenvalue weighted by Crippen LogP contribution is 2.32. The lowest BCUT2D eigenvalue weighted by atomic mass is 9.90. The Labute approximate surface area is 203 Å². The summed E-state index contributed by atoms with van der Waals surface area (Å²) in [6.45, 7) is 2.01. The molecule has 208 valence electrons. The molecule has 0 amide bonds. The summed E-state index contributed by atoms with van der Waals surface area (Å²) in [7, 11) is 2.54. The Morgan fingerprint density at radius 2 is 1.60 bits per heavy atom. The molecule has 8 N–H and O–H groups in total. The first-order valence-electron chi connectivity index (χ1n) is 11.4. The molecule has 2 heterocycles. The average Bonchev–Trinajstić information content (AvgIpc) is 2.82. The lowest BCUT2D eigenvalue weighted by Gasteiger charge is -2.45. The molecule has 2 fully saturated rings. The highest BCUT2D eigenvalue weighted by atomic mass is 16.7. The molecule has 0 aromatic rings. The van der Waals surface area contributed by atoms with E-state index in [9.17, 15) is 35.7 Å². The van der Waals surface area contributed by atoms with Gasteiger partial charge in [-0.05, 0) is 13.8 Å². The first-order valence-corrected chi connectivity index (χ1v) is 11.4. The van der Waals surface area contributed by atoms with Crippen LogP contribution in [0.4, 0.5) is 0 Å². The predicted molar refractivity (Wildman–Crippen MR) is 115 cm³/mol. The van der Waals surface area contributed by atoms with Crippen molar-refractivity contribution in [3.63, 3.8) is 0 Å². The van der Waals surface area contributed by atoms with Crippen LogP contribution in [0.1, 0.15) is 20.3 Å². The fraction of sp³-hybridized carbons (Fsp3) is 1.00. The number of aliphatic hydroxyl groups excluding tert-OH is 8. The molecule has 0 radical (unpaired) electrons. The largest absolute Gasteiger partial charge is 0.394 e. The van der Waals surface area contributed by atoms with Crippen molar-refractivity contribution in [2.24, 2.45) is 0 Å². The molecule has 0 aliphatic carbocycles. The van der Waals surface area contributed by atoms with Crippen molar-refractivity contribution in [1.82, 2.24) is 0 Å². The molecule has 11 unspecified atom stereocenters. The van der Waals surface area contributed by atoms with Crippen LogP contribution in [0.15, 0.2) is 0 Å². The molecule has 0 bridgehead atoms. The molecule has 2 saturated heterocycles. The Morgan fingerprint density at radius 3 is 2.17 bits per heavy atom. The van der Waals surface area contributed by atoms with Gasteiger partial charge in [0.25, 0.3) is 0 Å². The van der Waals surface area contributed by atoms with Crippen LogP contribution in [-0.4, -0.2) is 154 Å². The number of hydrogen-bond acceptors (Lipinski definition) is 14. The van der Waals surface area contributed by atoms with Crippen LogP contribution in [-0.2, 0) is 28.4 Å². The Hall–Kier alpha value is -0.560. The minimum atomic E-state index is -1.55. The minimum absolute atomic E-state index is 0.00410. The van der Waals surface area contributed by atoms with E-state index in [2.05, 4.69) is 0 Å². The van der Waals surface area contributed by atoms with Gasteiger partial charge in [0.15, 0.2) is 12.6 Å². The molecule has 2 aliphatic heterocycles. The number of ether oxygens (including phenoxy) is 6. The highest BCUT2D eigenvalue weighted by Gasteiger charge is 2.48. The van der Waals surface area contributed by atoms with Crippen molar-refractivity contribution in [2.75, 3.05) is 34.0 Å². The van der Waals surface area contributed by atoms with Crippen molar-refractivity contribution < 1.29 is 69.3 Å². The molecule has 2 aliphatic rings. The normalized spacial score (nSPS) is 39.3. The molecular weight excluding hydrogens is 476 g/mol. The van der Waals surface area contributed by atoms with E-state index in [0.717, 1.165) is 0 Å². The summed E-state index contributed by atoms with van der Waals surface area (Å²) in [5, 5.41) is 79.7. The predicted octanol–water partition coefficient (Wildman–Crippen LogP) is -4.18. The lowest BCUT2D eigenvalue weighted by Crippen LogP contribution is -2.61. The first-order chi connectivity index (χ1) is 16.4. The molecule has 0 aromatic carbocycles. The van der Waals surface area contributed by atoms with Gasteiger partial charge in [0.2, 0.25) is 0 Å². The number of rotatable bonds is 12. The van der Waals surface area contributed by atoms with E-state index in [4.69, 9.17) is 33.5 Å². The zero-order chi connectivity index (χ0) is 26.5. The molecule has 0 saturated carbocycles. The van der Waals surface area contributed by atoms with Crippen LogP contribution in [0, 0.1) is 0 Å². The Kier molecular flexibility index (Phi) is 11.7. The second-order valence-corrected chi connectivity index (χ2v) is 9.40. The van der Waals surface area contributed by atoms with Gasteiger partial charge in [-0.25, -0.2) is 0 Å². The van der Waals surface area contributed by atoms with E-state index in [1.807, 2.05) is 0 Å². The maximum atomic E-state index is 10.7. The van der Waals surface area contributed by atoms with Gasteiger partial charge in [0, 0.05) is 20.6 Å². The van der Waals surface area contributed by atoms with Crippen molar-refractivity contribution in [3.8, 4) is 0 Å². The lowest BCUT2D eigenvalue weighted by molar-refractivity contribution is -0.320. The first kappa shape index (κ1) is 30.7. The fourth-order valence-corrected chi connectivity index (χ4v) is 4.08. The summed E-state index contributed by atoms with van der Waals surface area (Å²) < 4.78 is 32.7. The summed E-state index contributed by atoms with van der Waals surface area (Å²) in [4.78, 5) is 0. The smallest absolute Gasteiger partial charge is 0.186 e. The molecule has 35 heavy (non-hydrogen) atoms. The number of aliphatic hydroxyl groups is 8. The maximum absolute atomic E-state index is 10.7. The molecule has 14 nitrogen and oxygen atoms in total. The van der Waals surface area contributed by atoms with Crippen LogP contribution in [0.25, 0.3) is 0 Å². The minimum Gasteiger partial charge on any atom is -0.394 e.